The standard InChI is InChI=1S/C18H14BrN/c1-3-6-17-13(2)20-12-15(17)11-16(19)10-9-14-7-4-5-8-18(14)20/h3-12H,1-2H2/b10-9?,16-11?,17-6+. The van der Waals surface area contributed by atoms with E-state index in [-0.39, 0.29) is 0 Å². The zero-order chi connectivity index (χ0) is 14.1. The van der Waals surface area contributed by atoms with Crippen LogP contribution in [0.15, 0.2) is 65.8 Å². The molecule has 0 aliphatic heterocycles. The van der Waals surface area contributed by atoms with Crippen molar-refractivity contribution in [3.63, 3.8) is 0 Å². The van der Waals surface area contributed by atoms with Crippen LogP contribution in [0, 0.1) is 0 Å². The van der Waals surface area contributed by atoms with Gasteiger partial charge in [0.2, 0.25) is 0 Å². The van der Waals surface area contributed by atoms with Crippen LogP contribution in [-0.2, 0) is 0 Å². The number of allylic oxidation sites excluding steroid dienone is 1. The number of aromatic nitrogens is 1. The van der Waals surface area contributed by atoms with Gasteiger partial charge in [-0.2, -0.15) is 0 Å². The van der Waals surface area contributed by atoms with Crippen LogP contribution in [0.3, 0.4) is 0 Å². The van der Waals surface area contributed by atoms with Crippen LogP contribution in [0.2, 0.25) is 0 Å². The summed E-state index contributed by atoms with van der Waals surface area (Å²) in [6.07, 6.45) is 5.91. The first-order valence-electron chi connectivity index (χ1n) is 6.38. The molecule has 98 valence electrons. The second kappa shape index (κ2) is 5.14. The number of hydrogen-bond acceptors (Lipinski definition) is 0. The number of fused-ring (bicyclic) bond motifs is 4. The third kappa shape index (κ3) is 2.12. The molecular weight excluding hydrogens is 310 g/mol. The zero-order valence-corrected chi connectivity index (χ0v) is 12.6. The van der Waals surface area contributed by atoms with Crippen molar-refractivity contribution < 1.29 is 0 Å². The van der Waals surface area contributed by atoms with Crippen LogP contribution < -0.4 is 10.6 Å². The third-order valence-corrected chi connectivity index (χ3v) is 3.87. The highest BCUT2D eigenvalue weighted by Gasteiger charge is 1.99. The van der Waals surface area contributed by atoms with E-state index in [9.17, 15) is 0 Å². The molecule has 0 saturated heterocycles. The van der Waals surface area contributed by atoms with Crippen molar-refractivity contribution in [2.45, 2.75) is 0 Å². The van der Waals surface area contributed by atoms with Crippen LogP contribution >= 0.6 is 15.9 Å². The Kier molecular flexibility index (Phi) is 3.33. The van der Waals surface area contributed by atoms with Gasteiger partial charge in [0.15, 0.2) is 0 Å². The molecule has 20 heavy (non-hydrogen) atoms. The monoisotopic (exact) mass is 323 g/mol. The van der Waals surface area contributed by atoms with Gasteiger partial charge < -0.3 is 4.40 Å². The highest BCUT2D eigenvalue weighted by atomic mass is 79.9. The summed E-state index contributed by atoms with van der Waals surface area (Å²) < 4.78 is 3.16. The largest absolute Gasteiger partial charge is 0.316 e. The molecule has 0 aliphatic rings. The molecule has 0 unspecified atom stereocenters. The Balaban J connectivity index is 2.72. The second-order valence-electron chi connectivity index (χ2n) is 4.64. The molecule has 0 fully saturated rings. The molecule has 0 spiro atoms. The molecule has 1 aromatic carbocycles. The van der Waals surface area contributed by atoms with Gasteiger partial charge in [-0.25, -0.2) is 0 Å². The fourth-order valence-corrected chi connectivity index (χ4v) is 2.82. The molecular formula is C18H14BrN. The Labute approximate surface area is 126 Å². The van der Waals surface area contributed by atoms with E-state index in [1.807, 2.05) is 18.2 Å². The van der Waals surface area contributed by atoms with Gasteiger partial charge in [-0.05, 0) is 23.6 Å². The van der Waals surface area contributed by atoms with Crippen molar-refractivity contribution in [1.82, 2.24) is 4.40 Å². The average Bonchev–Trinajstić information content (AvgIpc) is 2.77. The van der Waals surface area contributed by atoms with Crippen molar-refractivity contribution in [3.05, 3.63) is 76.4 Å². The maximum atomic E-state index is 4.22. The number of halogens is 1. The quantitative estimate of drug-likeness (QED) is 0.641. The van der Waals surface area contributed by atoms with E-state index < -0.39 is 0 Å². The second-order valence-corrected chi connectivity index (χ2v) is 5.55. The van der Waals surface area contributed by atoms with Crippen LogP contribution in [0.25, 0.3) is 28.9 Å². The van der Waals surface area contributed by atoms with E-state index in [2.05, 4.69) is 70.0 Å². The lowest BCUT2D eigenvalue weighted by molar-refractivity contribution is 1.17. The van der Waals surface area contributed by atoms with Gasteiger partial charge in [-0.1, -0.05) is 65.5 Å². The fraction of sp³-hybridized carbons (Fsp3) is 0. The minimum atomic E-state index is 0.971. The fourth-order valence-electron chi connectivity index (χ4n) is 2.44. The maximum Gasteiger partial charge on any atom is 0.0528 e. The first-order chi connectivity index (χ1) is 9.70. The van der Waals surface area contributed by atoms with E-state index in [0.717, 1.165) is 31.3 Å². The third-order valence-electron chi connectivity index (χ3n) is 3.38. The minimum Gasteiger partial charge on any atom is -0.316 e. The highest BCUT2D eigenvalue weighted by molar-refractivity contribution is 9.10. The zero-order valence-electron chi connectivity index (χ0n) is 11.0. The molecule has 0 radical (unpaired) electrons. The number of rotatable bonds is 1. The predicted octanol–water partition coefficient (Wildman–Crippen LogP) is 3.79. The van der Waals surface area contributed by atoms with E-state index >= 15 is 0 Å². The van der Waals surface area contributed by atoms with Gasteiger partial charge in [-0.15, -0.1) is 0 Å². The molecule has 0 amide bonds. The minimum absolute atomic E-state index is 0.971. The van der Waals surface area contributed by atoms with Gasteiger partial charge in [0.25, 0.3) is 0 Å². The SMILES string of the molecule is C=C/C=c1\c(=C)n2cc1cc(Br)ccc1ccccc12. The van der Waals surface area contributed by atoms with E-state index in [1.165, 1.54) is 0 Å². The molecule has 0 atom stereocenters. The summed E-state index contributed by atoms with van der Waals surface area (Å²) in [5, 5.41) is 4.36. The van der Waals surface area contributed by atoms with Gasteiger partial charge in [0.1, 0.15) is 0 Å². The van der Waals surface area contributed by atoms with E-state index in [1.54, 1.807) is 6.08 Å². The van der Waals surface area contributed by atoms with Crippen LogP contribution in [0.4, 0.5) is 0 Å². The maximum absolute atomic E-state index is 4.22. The summed E-state index contributed by atoms with van der Waals surface area (Å²) in [7, 11) is 0. The predicted molar refractivity (Wildman–Crippen MR) is 90.9 cm³/mol. The Morgan fingerprint density at radius 3 is 2.65 bits per heavy atom. The van der Waals surface area contributed by atoms with Crippen molar-refractivity contribution in [2.24, 2.45) is 0 Å². The van der Waals surface area contributed by atoms with Crippen LogP contribution in [-0.4, -0.2) is 4.40 Å². The van der Waals surface area contributed by atoms with Gasteiger partial charge in [-0.3, -0.25) is 0 Å². The molecule has 2 aromatic heterocycles. The summed E-state index contributed by atoms with van der Waals surface area (Å²) in [6, 6.07) is 14.6. The molecule has 2 bridgehead atoms. The van der Waals surface area contributed by atoms with Gasteiger partial charge in [0, 0.05) is 26.6 Å². The van der Waals surface area contributed by atoms with E-state index in [0.29, 0.717) is 0 Å². The Hall–Kier alpha value is -2.06. The van der Waals surface area contributed by atoms with E-state index in [4.69, 9.17) is 0 Å². The number of para-hydroxylation sites is 1. The molecule has 0 saturated carbocycles. The summed E-state index contributed by atoms with van der Waals surface area (Å²) in [4.78, 5) is 0. The molecule has 0 aliphatic carbocycles. The Morgan fingerprint density at radius 1 is 1.05 bits per heavy atom. The Bertz CT molecular complexity index is 949. The molecule has 1 nitrogen and oxygen atoms in total. The van der Waals surface area contributed by atoms with Gasteiger partial charge in [0.05, 0.1) is 5.52 Å². The van der Waals surface area contributed by atoms with Crippen LogP contribution in [0.1, 0.15) is 0 Å². The highest BCUT2D eigenvalue weighted by Crippen LogP contribution is 2.14. The molecule has 0 N–H and O–H groups in total. The number of benzene rings is 1. The van der Waals surface area contributed by atoms with Gasteiger partial charge >= 0.3 is 0 Å². The summed E-state index contributed by atoms with van der Waals surface area (Å²) in [6.45, 7) is 8.02. The van der Waals surface area contributed by atoms with Crippen LogP contribution in [0.5, 0.6) is 0 Å². The normalized spacial score (nSPS) is 11.9. The van der Waals surface area contributed by atoms with Crippen molar-refractivity contribution in [2.75, 3.05) is 0 Å². The first-order valence-corrected chi connectivity index (χ1v) is 7.18. The lowest BCUT2D eigenvalue weighted by Gasteiger charge is -1.96. The summed E-state index contributed by atoms with van der Waals surface area (Å²) >= 11 is 3.59. The van der Waals surface area contributed by atoms with Crippen molar-refractivity contribution in [1.29, 1.82) is 0 Å². The Morgan fingerprint density at radius 2 is 1.85 bits per heavy atom. The van der Waals surface area contributed by atoms with Crippen molar-refractivity contribution >= 4 is 44.9 Å². The average molecular weight is 324 g/mol. The topological polar surface area (TPSA) is 4.41 Å². The summed E-state index contributed by atoms with van der Waals surface area (Å²) in [5.74, 6) is 0. The number of nitrogens with zero attached hydrogens (tertiary/aromatic N) is 1. The molecule has 3 rings (SSSR count). The first kappa shape index (κ1) is 12.9. The number of hydrogen-bond donors (Lipinski definition) is 0. The molecule has 2 heterocycles. The molecule has 2 heteroatoms. The lowest BCUT2D eigenvalue weighted by atomic mass is 10.2. The van der Waals surface area contributed by atoms with Crippen molar-refractivity contribution in [3.8, 4) is 0 Å². The lowest BCUT2D eigenvalue weighted by Crippen LogP contribution is -2.23. The smallest absolute Gasteiger partial charge is 0.0528 e. The molecule has 3 aromatic rings. The summed E-state index contributed by atoms with van der Waals surface area (Å²) in [5.41, 5.74) is 1.13.